The molecule has 0 saturated carbocycles. The third-order valence-corrected chi connectivity index (χ3v) is 1.93. The summed E-state index contributed by atoms with van der Waals surface area (Å²) in [6.07, 6.45) is -3.61. The van der Waals surface area contributed by atoms with Gasteiger partial charge in [-0.2, -0.15) is 13.2 Å². The van der Waals surface area contributed by atoms with Gasteiger partial charge >= 0.3 is 6.18 Å². The zero-order chi connectivity index (χ0) is 11.4. The molecule has 5 heteroatoms. The highest BCUT2D eigenvalue weighted by Crippen LogP contribution is 2.16. The van der Waals surface area contributed by atoms with E-state index in [2.05, 4.69) is 9.98 Å². The van der Waals surface area contributed by atoms with Crippen molar-refractivity contribution in [1.29, 1.82) is 0 Å². The lowest BCUT2D eigenvalue weighted by Gasteiger charge is -2.10. The SMILES string of the molecule is CN=C(C=NC(C)C(C)C)C(F)(F)F. The van der Waals surface area contributed by atoms with Crippen molar-refractivity contribution in [1.82, 2.24) is 0 Å². The lowest BCUT2D eigenvalue weighted by molar-refractivity contribution is -0.0565. The molecule has 0 fully saturated rings. The largest absolute Gasteiger partial charge is 0.434 e. The fourth-order valence-corrected chi connectivity index (χ4v) is 0.618. The van der Waals surface area contributed by atoms with Crippen molar-refractivity contribution in [3.8, 4) is 0 Å². The Morgan fingerprint density at radius 3 is 2.00 bits per heavy atom. The summed E-state index contributed by atoms with van der Waals surface area (Å²) >= 11 is 0. The van der Waals surface area contributed by atoms with Gasteiger partial charge in [0.25, 0.3) is 0 Å². The van der Waals surface area contributed by atoms with Crippen LogP contribution in [0.2, 0.25) is 0 Å². The molecule has 0 radical (unpaired) electrons. The molecular weight excluding hydrogens is 193 g/mol. The van der Waals surface area contributed by atoms with Gasteiger partial charge in [0.05, 0.1) is 6.21 Å². The summed E-state index contributed by atoms with van der Waals surface area (Å²) in [4.78, 5) is 6.92. The third kappa shape index (κ3) is 4.39. The molecule has 0 N–H and O–H groups in total. The Morgan fingerprint density at radius 1 is 1.21 bits per heavy atom. The number of hydrogen-bond donors (Lipinski definition) is 0. The van der Waals surface area contributed by atoms with Crippen molar-refractivity contribution < 1.29 is 13.2 Å². The summed E-state index contributed by atoms with van der Waals surface area (Å²) in [6.45, 7) is 5.57. The average Bonchev–Trinajstić information content (AvgIpc) is 2.02. The number of rotatable bonds is 3. The molecule has 0 rings (SSSR count). The van der Waals surface area contributed by atoms with Gasteiger partial charge in [0.2, 0.25) is 0 Å². The molecule has 0 amide bonds. The molecule has 0 aliphatic rings. The first kappa shape index (κ1) is 13.1. The summed E-state index contributed by atoms with van der Waals surface area (Å²) < 4.78 is 36.4. The first-order valence-corrected chi connectivity index (χ1v) is 4.36. The Kier molecular flexibility index (Phi) is 4.80. The minimum Gasteiger partial charge on any atom is -0.288 e. The Morgan fingerprint density at radius 2 is 1.71 bits per heavy atom. The number of hydrogen-bond acceptors (Lipinski definition) is 2. The van der Waals surface area contributed by atoms with Crippen LogP contribution in [0.25, 0.3) is 0 Å². The maximum Gasteiger partial charge on any atom is 0.434 e. The Balaban J connectivity index is 4.50. The minimum atomic E-state index is -4.41. The molecule has 0 bridgehead atoms. The van der Waals surface area contributed by atoms with Gasteiger partial charge in [-0.3, -0.25) is 9.98 Å². The van der Waals surface area contributed by atoms with Crippen LogP contribution in [0, 0.1) is 5.92 Å². The summed E-state index contributed by atoms with van der Waals surface area (Å²) in [5, 5.41) is 0. The van der Waals surface area contributed by atoms with E-state index in [-0.39, 0.29) is 12.0 Å². The molecule has 82 valence electrons. The molecular formula is C9H15F3N2. The quantitative estimate of drug-likeness (QED) is 0.637. The van der Waals surface area contributed by atoms with E-state index in [1.807, 2.05) is 13.8 Å². The third-order valence-electron chi connectivity index (χ3n) is 1.93. The number of aliphatic imine (C=N–C) groups is 2. The van der Waals surface area contributed by atoms with Crippen molar-refractivity contribution in [3.05, 3.63) is 0 Å². The molecule has 0 aromatic carbocycles. The highest BCUT2D eigenvalue weighted by Gasteiger charge is 2.33. The molecule has 0 aromatic rings. The molecule has 0 heterocycles. The minimum absolute atomic E-state index is 0.130. The van der Waals surface area contributed by atoms with Crippen molar-refractivity contribution in [2.75, 3.05) is 7.05 Å². The highest BCUT2D eigenvalue weighted by molar-refractivity contribution is 6.33. The molecule has 0 aliphatic carbocycles. The van der Waals surface area contributed by atoms with Gasteiger partial charge in [0, 0.05) is 13.1 Å². The second kappa shape index (κ2) is 5.12. The predicted octanol–water partition coefficient (Wildman–Crippen LogP) is 2.73. The topological polar surface area (TPSA) is 24.7 Å². The zero-order valence-corrected chi connectivity index (χ0v) is 8.76. The van der Waals surface area contributed by atoms with E-state index in [0.717, 1.165) is 13.3 Å². The van der Waals surface area contributed by atoms with Gasteiger partial charge in [0.1, 0.15) is 0 Å². The fourth-order valence-electron chi connectivity index (χ4n) is 0.618. The number of halogens is 3. The molecule has 0 aromatic heterocycles. The van der Waals surface area contributed by atoms with E-state index in [0.29, 0.717) is 0 Å². The Hall–Kier alpha value is -0.870. The first-order valence-electron chi connectivity index (χ1n) is 4.36. The number of nitrogens with zero attached hydrogens (tertiary/aromatic N) is 2. The van der Waals surface area contributed by atoms with Crippen molar-refractivity contribution in [2.45, 2.75) is 33.0 Å². The van der Waals surface area contributed by atoms with Gasteiger partial charge < -0.3 is 0 Å². The highest BCUT2D eigenvalue weighted by atomic mass is 19.4. The first-order chi connectivity index (χ1) is 6.29. The van der Waals surface area contributed by atoms with E-state index in [1.165, 1.54) is 0 Å². The molecule has 1 atom stereocenters. The second-order valence-corrected chi connectivity index (χ2v) is 3.37. The monoisotopic (exact) mass is 208 g/mol. The molecule has 1 unspecified atom stereocenters. The van der Waals surface area contributed by atoms with E-state index in [1.54, 1.807) is 6.92 Å². The second-order valence-electron chi connectivity index (χ2n) is 3.37. The van der Waals surface area contributed by atoms with Crippen LogP contribution in [0.5, 0.6) is 0 Å². The van der Waals surface area contributed by atoms with Crippen LogP contribution in [0.4, 0.5) is 13.2 Å². The van der Waals surface area contributed by atoms with Crippen LogP contribution >= 0.6 is 0 Å². The summed E-state index contributed by atoms with van der Waals surface area (Å²) in [7, 11) is 1.11. The van der Waals surface area contributed by atoms with Crippen LogP contribution in [-0.4, -0.2) is 31.2 Å². The summed E-state index contributed by atoms with van der Waals surface area (Å²) in [6, 6.07) is -0.130. The van der Waals surface area contributed by atoms with Crippen LogP contribution in [0.15, 0.2) is 9.98 Å². The van der Waals surface area contributed by atoms with E-state index < -0.39 is 11.9 Å². The van der Waals surface area contributed by atoms with E-state index in [9.17, 15) is 13.2 Å². The number of alkyl halides is 3. The van der Waals surface area contributed by atoms with Crippen LogP contribution in [0.3, 0.4) is 0 Å². The van der Waals surface area contributed by atoms with Crippen LogP contribution < -0.4 is 0 Å². The maximum absolute atomic E-state index is 12.1. The maximum atomic E-state index is 12.1. The molecule has 14 heavy (non-hydrogen) atoms. The molecule has 0 spiro atoms. The normalized spacial score (nSPS) is 16.7. The van der Waals surface area contributed by atoms with Crippen molar-refractivity contribution >= 4 is 11.9 Å². The smallest absolute Gasteiger partial charge is 0.288 e. The summed E-state index contributed by atoms with van der Waals surface area (Å²) in [5.41, 5.74) is -0.940. The van der Waals surface area contributed by atoms with Gasteiger partial charge in [0.15, 0.2) is 5.71 Å². The predicted molar refractivity (Wildman–Crippen MR) is 52.2 cm³/mol. The Labute approximate surface area is 81.9 Å². The molecule has 2 nitrogen and oxygen atoms in total. The van der Waals surface area contributed by atoms with Gasteiger partial charge in [-0.15, -0.1) is 0 Å². The van der Waals surface area contributed by atoms with Crippen LogP contribution in [0.1, 0.15) is 20.8 Å². The average molecular weight is 208 g/mol. The van der Waals surface area contributed by atoms with Gasteiger partial charge in [-0.1, -0.05) is 13.8 Å². The van der Waals surface area contributed by atoms with Gasteiger partial charge in [-0.25, -0.2) is 0 Å². The lowest BCUT2D eigenvalue weighted by atomic mass is 10.1. The fraction of sp³-hybridized carbons (Fsp3) is 0.778. The summed E-state index contributed by atoms with van der Waals surface area (Å²) in [5.74, 6) is 0.220. The van der Waals surface area contributed by atoms with Crippen LogP contribution in [-0.2, 0) is 0 Å². The molecule has 0 saturated heterocycles. The van der Waals surface area contributed by atoms with E-state index in [4.69, 9.17) is 0 Å². The molecule has 0 aliphatic heterocycles. The zero-order valence-electron chi connectivity index (χ0n) is 8.76. The van der Waals surface area contributed by atoms with E-state index >= 15 is 0 Å². The standard InChI is InChI=1S/C9H15F3N2/c1-6(2)7(3)14-5-8(13-4)9(10,11)12/h5-7H,1-4H3. The lowest BCUT2D eigenvalue weighted by Crippen LogP contribution is -2.25. The van der Waals surface area contributed by atoms with Crippen molar-refractivity contribution in [2.24, 2.45) is 15.9 Å². The Bertz CT molecular complexity index is 229. The van der Waals surface area contributed by atoms with Gasteiger partial charge in [-0.05, 0) is 12.8 Å². The van der Waals surface area contributed by atoms with Crippen molar-refractivity contribution in [3.63, 3.8) is 0 Å².